The molecule has 0 bridgehead atoms. The molecule has 2 heterocycles. The first-order chi connectivity index (χ1) is 22.2. The molecule has 2 aliphatic rings. The lowest BCUT2D eigenvalue weighted by Crippen LogP contribution is -2.54. The van der Waals surface area contributed by atoms with Gasteiger partial charge in [-0.25, -0.2) is 9.69 Å². The lowest BCUT2D eigenvalue weighted by molar-refractivity contribution is -0.120. The number of para-hydroxylation sites is 2. The van der Waals surface area contributed by atoms with Gasteiger partial charge in [-0.2, -0.15) is 0 Å². The maximum absolute atomic E-state index is 14.0. The van der Waals surface area contributed by atoms with Crippen LogP contribution in [0.1, 0.15) is 33.2 Å². The number of fused-ring (bicyclic) bond motifs is 1. The second-order valence-corrected chi connectivity index (χ2v) is 12.0. The highest BCUT2D eigenvalue weighted by Crippen LogP contribution is 2.36. The van der Waals surface area contributed by atoms with Crippen LogP contribution in [0.25, 0.3) is 11.1 Å². The van der Waals surface area contributed by atoms with Gasteiger partial charge in [-0.05, 0) is 67.6 Å². The predicted molar refractivity (Wildman–Crippen MR) is 180 cm³/mol. The monoisotopic (exact) mass is 615 g/mol. The number of carbonyl (C=O) groups is 4. The van der Waals surface area contributed by atoms with Crippen molar-refractivity contribution in [3.63, 3.8) is 0 Å². The number of carbonyl (C=O) groups excluding carboxylic acids is 4. The van der Waals surface area contributed by atoms with E-state index in [1.54, 1.807) is 71.3 Å². The van der Waals surface area contributed by atoms with Crippen LogP contribution in [0.3, 0.4) is 0 Å². The summed E-state index contributed by atoms with van der Waals surface area (Å²) < 4.78 is 0. The van der Waals surface area contributed by atoms with Gasteiger partial charge >= 0.3 is 6.03 Å². The van der Waals surface area contributed by atoms with E-state index in [2.05, 4.69) is 10.2 Å². The average Bonchev–Trinajstić information content (AvgIpc) is 3.18. The molecular formula is C37H37N5O4. The second kappa shape index (κ2) is 13.0. The van der Waals surface area contributed by atoms with Crippen molar-refractivity contribution in [2.75, 3.05) is 54.9 Å². The first-order valence-electron chi connectivity index (χ1n) is 15.5. The molecule has 1 unspecified atom stereocenters. The fourth-order valence-corrected chi connectivity index (χ4v) is 5.92. The number of hydrogen-bond acceptors (Lipinski definition) is 5. The maximum atomic E-state index is 14.0. The van der Waals surface area contributed by atoms with Crippen molar-refractivity contribution in [2.45, 2.75) is 13.8 Å². The molecule has 9 nitrogen and oxygen atoms in total. The molecule has 1 N–H and O–H groups in total. The van der Waals surface area contributed by atoms with E-state index in [1.807, 2.05) is 56.4 Å². The normalized spacial score (nSPS) is 16.9. The molecule has 6 rings (SSSR count). The van der Waals surface area contributed by atoms with Gasteiger partial charge in [0.2, 0.25) is 5.91 Å². The van der Waals surface area contributed by atoms with Gasteiger partial charge in [-0.15, -0.1) is 0 Å². The van der Waals surface area contributed by atoms with Crippen LogP contribution in [-0.2, 0) is 4.79 Å². The summed E-state index contributed by atoms with van der Waals surface area (Å²) in [7, 11) is 2.01. The van der Waals surface area contributed by atoms with Crippen LogP contribution in [0.2, 0.25) is 0 Å². The number of hydrogen-bond donors (Lipinski definition) is 1. The lowest BCUT2D eigenvalue weighted by Gasteiger charge is -2.35. The van der Waals surface area contributed by atoms with Crippen LogP contribution in [-0.4, -0.2) is 73.3 Å². The number of benzene rings is 4. The summed E-state index contributed by atoms with van der Waals surface area (Å²) in [5.74, 6) is -1.51. The van der Waals surface area contributed by atoms with Gasteiger partial charge in [0.1, 0.15) is 0 Å². The predicted octanol–water partition coefficient (Wildman–Crippen LogP) is 5.91. The third-order valence-electron chi connectivity index (χ3n) is 8.65. The van der Waals surface area contributed by atoms with Gasteiger partial charge in [-0.3, -0.25) is 14.4 Å². The molecule has 5 amide bonds. The fraction of sp³-hybridized carbons (Fsp3) is 0.243. The zero-order valence-electron chi connectivity index (χ0n) is 26.3. The van der Waals surface area contributed by atoms with Crippen molar-refractivity contribution in [3.05, 3.63) is 114 Å². The van der Waals surface area contributed by atoms with E-state index in [9.17, 15) is 19.2 Å². The smallest absolute Gasteiger partial charge is 0.322 e. The Hall–Kier alpha value is -5.28. The Morgan fingerprint density at radius 1 is 0.761 bits per heavy atom. The molecule has 1 saturated heterocycles. The number of imide groups is 1. The summed E-state index contributed by atoms with van der Waals surface area (Å²) in [5.41, 5.74) is 5.30. The molecule has 0 aliphatic carbocycles. The Morgan fingerprint density at radius 3 is 2.09 bits per heavy atom. The Balaban J connectivity index is 1.22. The molecule has 1 fully saturated rings. The van der Waals surface area contributed by atoms with E-state index in [0.29, 0.717) is 41.3 Å². The van der Waals surface area contributed by atoms with Crippen LogP contribution in [0, 0.1) is 12.8 Å². The number of anilines is 3. The van der Waals surface area contributed by atoms with Crippen molar-refractivity contribution in [2.24, 2.45) is 5.92 Å². The van der Waals surface area contributed by atoms with E-state index in [0.717, 1.165) is 29.8 Å². The minimum absolute atomic E-state index is 0.121. The number of urea groups is 1. The molecule has 0 spiro atoms. The van der Waals surface area contributed by atoms with Crippen molar-refractivity contribution >= 4 is 40.8 Å². The Morgan fingerprint density at radius 2 is 1.39 bits per heavy atom. The Bertz CT molecular complexity index is 1780. The minimum Gasteiger partial charge on any atom is -0.322 e. The molecule has 2 aliphatic heterocycles. The number of nitrogens with one attached hydrogen (secondary N) is 1. The Labute approximate surface area is 269 Å². The van der Waals surface area contributed by atoms with Crippen LogP contribution in [0.5, 0.6) is 0 Å². The number of piperazine rings is 1. The number of rotatable bonds is 4. The van der Waals surface area contributed by atoms with E-state index < -0.39 is 5.92 Å². The number of aryl methyl sites for hydroxylation is 1. The molecule has 4 aromatic rings. The molecule has 0 aromatic heterocycles. The molecular weight excluding hydrogens is 578 g/mol. The molecule has 234 valence electrons. The Kier molecular flexibility index (Phi) is 8.68. The number of amides is 5. The van der Waals surface area contributed by atoms with Gasteiger partial charge in [-0.1, -0.05) is 67.1 Å². The first kappa shape index (κ1) is 30.7. The highest BCUT2D eigenvalue weighted by molar-refractivity contribution is 6.20. The topological polar surface area (TPSA) is 93.3 Å². The SMILES string of the molecule is Cc1ccc(-c2ccccc2C(=O)Nc2ccc(C(=O)N3CC(C)C(=O)N(C(=O)N4CCN(C)CC4)c4ccccc43)cc2)cc1. The third-order valence-corrected chi connectivity index (χ3v) is 8.65. The highest BCUT2D eigenvalue weighted by Gasteiger charge is 2.39. The summed E-state index contributed by atoms with van der Waals surface area (Å²) in [5, 5.41) is 2.96. The molecule has 46 heavy (non-hydrogen) atoms. The van der Waals surface area contributed by atoms with Gasteiger partial charge in [0.05, 0.1) is 17.3 Å². The van der Waals surface area contributed by atoms with Gasteiger partial charge in [0.15, 0.2) is 0 Å². The van der Waals surface area contributed by atoms with E-state index in [1.165, 1.54) is 4.90 Å². The van der Waals surface area contributed by atoms with Crippen LogP contribution in [0.15, 0.2) is 97.1 Å². The van der Waals surface area contributed by atoms with Crippen molar-refractivity contribution in [1.29, 1.82) is 0 Å². The minimum atomic E-state index is -0.611. The average molecular weight is 616 g/mol. The van der Waals surface area contributed by atoms with Crippen LogP contribution >= 0.6 is 0 Å². The van der Waals surface area contributed by atoms with E-state index in [-0.39, 0.29) is 30.3 Å². The maximum Gasteiger partial charge on any atom is 0.331 e. The standard InChI is InChI=1S/C37H37N5O4/c1-25-12-14-27(15-13-25)30-8-4-5-9-31(30)34(43)38-29-18-16-28(17-19-29)36(45)41-24-26(2)35(44)42(33-11-7-6-10-32(33)41)37(46)40-22-20-39(3)21-23-40/h4-19,26H,20-24H2,1-3H3,(H,38,43). The lowest BCUT2D eigenvalue weighted by atomic mass is 9.98. The molecule has 0 saturated carbocycles. The molecule has 1 atom stereocenters. The molecule has 0 radical (unpaired) electrons. The van der Waals surface area contributed by atoms with Gasteiger partial charge in [0.25, 0.3) is 11.8 Å². The van der Waals surface area contributed by atoms with E-state index >= 15 is 0 Å². The number of likely N-dealkylation sites (N-methyl/N-ethyl adjacent to an activating group) is 1. The summed E-state index contributed by atoms with van der Waals surface area (Å²) in [6.07, 6.45) is 0. The summed E-state index contributed by atoms with van der Waals surface area (Å²) in [6.45, 7) is 6.39. The van der Waals surface area contributed by atoms with Crippen molar-refractivity contribution in [3.8, 4) is 11.1 Å². The van der Waals surface area contributed by atoms with Gasteiger partial charge < -0.3 is 20.0 Å². The largest absolute Gasteiger partial charge is 0.331 e. The first-order valence-corrected chi connectivity index (χ1v) is 15.5. The third kappa shape index (κ3) is 6.14. The van der Waals surface area contributed by atoms with Gasteiger partial charge in [0, 0.05) is 49.5 Å². The van der Waals surface area contributed by atoms with Crippen molar-refractivity contribution < 1.29 is 19.2 Å². The zero-order valence-corrected chi connectivity index (χ0v) is 26.3. The number of nitrogens with zero attached hydrogens (tertiary/aromatic N) is 4. The summed E-state index contributed by atoms with van der Waals surface area (Å²) in [4.78, 5) is 61.3. The quantitative estimate of drug-likeness (QED) is 0.308. The zero-order chi connectivity index (χ0) is 32.4. The highest BCUT2D eigenvalue weighted by atomic mass is 16.2. The van der Waals surface area contributed by atoms with Crippen LogP contribution < -0.4 is 15.1 Å². The molecule has 9 heteroatoms. The molecule has 4 aromatic carbocycles. The van der Waals surface area contributed by atoms with Crippen molar-refractivity contribution in [1.82, 2.24) is 9.80 Å². The fourth-order valence-electron chi connectivity index (χ4n) is 5.92. The van der Waals surface area contributed by atoms with E-state index in [4.69, 9.17) is 0 Å². The van der Waals surface area contributed by atoms with Crippen LogP contribution in [0.4, 0.5) is 21.9 Å². The second-order valence-electron chi connectivity index (χ2n) is 12.0. The summed E-state index contributed by atoms with van der Waals surface area (Å²) in [6, 6.07) is 28.9. The summed E-state index contributed by atoms with van der Waals surface area (Å²) >= 11 is 0.